The summed E-state index contributed by atoms with van der Waals surface area (Å²) >= 11 is 1.72. The number of fused-ring (bicyclic) bond motifs is 1. The van der Waals surface area contributed by atoms with Crippen molar-refractivity contribution in [2.45, 2.75) is 32.6 Å². The Morgan fingerprint density at radius 3 is 2.57 bits per heavy atom. The molecule has 1 aromatic heterocycles. The van der Waals surface area contributed by atoms with Crippen molar-refractivity contribution in [2.75, 3.05) is 19.6 Å². The van der Waals surface area contributed by atoms with Crippen LogP contribution in [0.5, 0.6) is 0 Å². The highest BCUT2D eigenvalue weighted by molar-refractivity contribution is 7.18. The smallest absolute Gasteiger partial charge is 0.253 e. The van der Waals surface area contributed by atoms with Crippen LogP contribution >= 0.6 is 11.3 Å². The second kappa shape index (κ2) is 9.39. The van der Waals surface area contributed by atoms with Crippen molar-refractivity contribution in [3.63, 3.8) is 0 Å². The maximum Gasteiger partial charge on any atom is 0.253 e. The Morgan fingerprint density at radius 1 is 1.10 bits per heavy atom. The van der Waals surface area contributed by atoms with E-state index < -0.39 is 0 Å². The van der Waals surface area contributed by atoms with Crippen LogP contribution in [-0.4, -0.2) is 41.3 Å². The van der Waals surface area contributed by atoms with Gasteiger partial charge in [-0.15, -0.1) is 11.3 Å². The molecule has 2 aromatic carbocycles. The van der Waals surface area contributed by atoms with Crippen LogP contribution in [0.15, 0.2) is 48.5 Å². The van der Waals surface area contributed by atoms with E-state index in [1.165, 1.54) is 4.70 Å². The third-order valence-electron chi connectivity index (χ3n) is 5.66. The zero-order chi connectivity index (χ0) is 20.9. The lowest BCUT2D eigenvalue weighted by Crippen LogP contribution is -2.43. The molecule has 1 fully saturated rings. The van der Waals surface area contributed by atoms with Crippen LogP contribution in [0.4, 0.5) is 0 Å². The number of likely N-dealkylation sites (tertiary alicyclic amines) is 1. The molecular formula is C24H27N3O2S. The lowest BCUT2D eigenvalue weighted by Gasteiger charge is -2.31. The molecule has 6 heteroatoms. The number of nitrogens with zero attached hydrogens (tertiary/aromatic N) is 2. The first kappa shape index (κ1) is 20.5. The standard InChI is InChI=1S/C24H27N3O2S/c1-17-8-10-19(11-9-17)24(29)27-15-12-18(13-16-27)23(28)25-14-4-7-22-26-20-5-2-3-6-21(20)30-22/h2-3,5-6,8-11,18H,4,7,12-16H2,1H3,(H,25,28). The maximum absolute atomic E-state index is 12.6. The van der Waals surface area contributed by atoms with E-state index in [-0.39, 0.29) is 17.7 Å². The van der Waals surface area contributed by atoms with Crippen LogP contribution in [0.3, 0.4) is 0 Å². The fraction of sp³-hybridized carbons (Fsp3) is 0.375. The van der Waals surface area contributed by atoms with Gasteiger partial charge in [0.15, 0.2) is 0 Å². The molecule has 2 amide bonds. The van der Waals surface area contributed by atoms with E-state index in [9.17, 15) is 9.59 Å². The number of carbonyl (C=O) groups excluding carboxylic acids is 2. The molecule has 1 saturated heterocycles. The molecule has 0 atom stereocenters. The number of aryl methyl sites for hydroxylation is 2. The SMILES string of the molecule is Cc1ccc(C(=O)N2CCC(C(=O)NCCCc3nc4ccccc4s3)CC2)cc1. The van der Waals surface area contributed by atoms with Crippen molar-refractivity contribution in [2.24, 2.45) is 5.92 Å². The Bertz CT molecular complexity index is 987. The van der Waals surface area contributed by atoms with E-state index in [0.29, 0.717) is 19.6 Å². The van der Waals surface area contributed by atoms with Crippen molar-refractivity contribution in [1.82, 2.24) is 15.2 Å². The predicted octanol–water partition coefficient (Wildman–Crippen LogP) is 4.21. The van der Waals surface area contributed by atoms with Crippen molar-refractivity contribution in [1.29, 1.82) is 0 Å². The Balaban J connectivity index is 1.19. The van der Waals surface area contributed by atoms with Gasteiger partial charge in [0.2, 0.25) is 5.91 Å². The molecule has 0 radical (unpaired) electrons. The van der Waals surface area contributed by atoms with Crippen LogP contribution in [0.2, 0.25) is 0 Å². The molecule has 0 bridgehead atoms. The first-order valence-electron chi connectivity index (χ1n) is 10.6. The fourth-order valence-electron chi connectivity index (χ4n) is 3.85. The van der Waals surface area contributed by atoms with Gasteiger partial charge in [-0.05, 0) is 50.5 Å². The molecule has 4 rings (SSSR count). The van der Waals surface area contributed by atoms with E-state index in [1.54, 1.807) is 11.3 Å². The van der Waals surface area contributed by atoms with Crippen LogP contribution in [0.25, 0.3) is 10.2 Å². The molecule has 0 aliphatic carbocycles. The number of carbonyl (C=O) groups is 2. The summed E-state index contributed by atoms with van der Waals surface area (Å²) in [4.78, 5) is 31.6. The van der Waals surface area contributed by atoms with E-state index in [0.717, 1.165) is 47.3 Å². The molecule has 156 valence electrons. The molecule has 1 aliphatic heterocycles. The minimum absolute atomic E-state index is 0.00508. The molecule has 5 nitrogen and oxygen atoms in total. The Hall–Kier alpha value is -2.73. The minimum Gasteiger partial charge on any atom is -0.356 e. The van der Waals surface area contributed by atoms with Crippen LogP contribution in [0, 0.1) is 12.8 Å². The van der Waals surface area contributed by atoms with E-state index in [4.69, 9.17) is 0 Å². The average Bonchev–Trinajstić information content (AvgIpc) is 3.19. The summed E-state index contributed by atoms with van der Waals surface area (Å²) in [7, 11) is 0. The van der Waals surface area contributed by atoms with Gasteiger partial charge in [0, 0.05) is 37.5 Å². The van der Waals surface area contributed by atoms with Gasteiger partial charge in [0.1, 0.15) is 0 Å². The van der Waals surface area contributed by atoms with Crippen LogP contribution < -0.4 is 5.32 Å². The Morgan fingerprint density at radius 2 is 1.83 bits per heavy atom. The molecule has 0 saturated carbocycles. The fourth-order valence-corrected chi connectivity index (χ4v) is 4.85. The number of rotatable bonds is 6. The highest BCUT2D eigenvalue weighted by Crippen LogP contribution is 2.22. The second-order valence-corrected chi connectivity index (χ2v) is 9.02. The van der Waals surface area contributed by atoms with Gasteiger partial charge in [-0.2, -0.15) is 0 Å². The minimum atomic E-state index is -0.00508. The number of thiazole rings is 1. The molecule has 0 unspecified atom stereocenters. The Kier molecular flexibility index (Phi) is 6.43. The average molecular weight is 422 g/mol. The lowest BCUT2D eigenvalue weighted by atomic mass is 9.95. The van der Waals surface area contributed by atoms with Gasteiger partial charge in [-0.1, -0.05) is 29.8 Å². The maximum atomic E-state index is 12.6. The van der Waals surface area contributed by atoms with Gasteiger partial charge in [-0.25, -0.2) is 4.98 Å². The van der Waals surface area contributed by atoms with Gasteiger partial charge >= 0.3 is 0 Å². The first-order chi connectivity index (χ1) is 14.6. The quantitative estimate of drug-likeness (QED) is 0.607. The number of amides is 2. The predicted molar refractivity (Wildman–Crippen MR) is 121 cm³/mol. The van der Waals surface area contributed by atoms with Crippen molar-refractivity contribution < 1.29 is 9.59 Å². The number of aromatic nitrogens is 1. The van der Waals surface area contributed by atoms with Crippen molar-refractivity contribution >= 4 is 33.4 Å². The third kappa shape index (κ3) is 4.87. The number of piperidine rings is 1. The summed E-state index contributed by atoms with van der Waals surface area (Å²) in [5.74, 6) is 0.168. The van der Waals surface area contributed by atoms with Crippen LogP contribution in [-0.2, 0) is 11.2 Å². The van der Waals surface area contributed by atoms with Crippen molar-refractivity contribution in [3.8, 4) is 0 Å². The van der Waals surface area contributed by atoms with Crippen LogP contribution in [0.1, 0.15) is 40.2 Å². The van der Waals surface area contributed by atoms with E-state index in [1.807, 2.05) is 54.3 Å². The molecule has 3 aromatic rings. The molecule has 1 aliphatic rings. The summed E-state index contributed by atoms with van der Waals surface area (Å²) in [6.45, 7) is 3.95. The zero-order valence-electron chi connectivity index (χ0n) is 17.3. The molecule has 2 heterocycles. The van der Waals surface area contributed by atoms with E-state index in [2.05, 4.69) is 16.4 Å². The number of hydrogen-bond donors (Lipinski definition) is 1. The van der Waals surface area contributed by atoms with Gasteiger partial charge in [-0.3, -0.25) is 9.59 Å². The molecular weight excluding hydrogens is 394 g/mol. The summed E-state index contributed by atoms with van der Waals surface area (Å²) in [6.07, 6.45) is 3.21. The number of nitrogens with one attached hydrogen (secondary N) is 1. The monoisotopic (exact) mass is 421 g/mol. The summed E-state index contributed by atoms with van der Waals surface area (Å²) in [5.41, 5.74) is 2.91. The lowest BCUT2D eigenvalue weighted by molar-refractivity contribution is -0.126. The van der Waals surface area contributed by atoms with E-state index >= 15 is 0 Å². The molecule has 1 N–H and O–H groups in total. The third-order valence-corrected chi connectivity index (χ3v) is 6.75. The first-order valence-corrected chi connectivity index (χ1v) is 11.4. The second-order valence-electron chi connectivity index (χ2n) is 7.90. The largest absolute Gasteiger partial charge is 0.356 e. The zero-order valence-corrected chi connectivity index (χ0v) is 18.1. The number of hydrogen-bond acceptors (Lipinski definition) is 4. The normalized spacial score (nSPS) is 14.8. The Labute approximate surface area is 181 Å². The van der Waals surface area contributed by atoms with Crippen molar-refractivity contribution in [3.05, 3.63) is 64.7 Å². The molecule has 0 spiro atoms. The molecule has 30 heavy (non-hydrogen) atoms. The highest BCUT2D eigenvalue weighted by Gasteiger charge is 2.27. The summed E-state index contributed by atoms with van der Waals surface area (Å²) in [6, 6.07) is 15.8. The topological polar surface area (TPSA) is 62.3 Å². The number of benzene rings is 2. The highest BCUT2D eigenvalue weighted by atomic mass is 32.1. The summed E-state index contributed by atoms with van der Waals surface area (Å²) in [5, 5.41) is 4.19. The van der Waals surface area contributed by atoms with Gasteiger partial charge in [0.25, 0.3) is 5.91 Å². The number of para-hydroxylation sites is 1. The van der Waals surface area contributed by atoms with Gasteiger partial charge < -0.3 is 10.2 Å². The van der Waals surface area contributed by atoms with Gasteiger partial charge in [0.05, 0.1) is 15.2 Å². The summed E-state index contributed by atoms with van der Waals surface area (Å²) < 4.78 is 1.21.